The van der Waals surface area contributed by atoms with Gasteiger partial charge >= 0.3 is 0 Å². The lowest BCUT2D eigenvalue weighted by molar-refractivity contribution is -0.137. The van der Waals surface area contributed by atoms with Crippen molar-refractivity contribution in [1.82, 2.24) is 4.90 Å². The maximum Gasteiger partial charge on any atom is 0.222 e. The second-order valence-corrected chi connectivity index (χ2v) is 9.02. The Labute approximate surface area is 152 Å². The fourth-order valence-electron chi connectivity index (χ4n) is 5.27. The number of nitrogens with zero attached hydrogens (tertiary/aromatic N) is 1. The van der Waals surface area contributed by atoms with Crippen LogP contribution in [0.1, 0.15) is 64.5 Å². The average Bonchev–Trinajstić information content (AvgIpc) is 2.56. The van der Waals surface area contributed by atoms with E-state index < -0.39 is 0 Å². The SMILES string of the molecule is CC(C)CCC(=O)N(C)[C@H]1[C@H]2Cc3ccc(O)cc3[C@@]1(C)CCC2C. The van der Waals surface area contributed by atoms with E-state index in [0.717, 1.165) is 19.3 Å². The van der Waals surface area contributed by atoms with Crippen LogP contribution >= 0.6 is 0 Å². The van der Waals surface area contributed by atoms with Crippen LogP contribution in [0.25, 0.3) is 0 Å². The van der Waals surface area contributed by atoms with E-state index in [-0.39, 0.29) is 17.4 Å². The maximum atomic E-state index is 12.9. The summed E-state index contributed by atoms with van der Waals surface area (Å²) in [6.45, 7) is 8.99. The quantitative estimate of drug-likeness (QED) is 0.873. The van der Waals surface area contributed by atoms with Crippen molar-refractivity contribution in [3.8, 4) is 5.75 Å². The Morgan fingerprint density at radius 1 is 1.40 bits per heavy atom. The van der Waals surface area contributed by atoms with E-state index in [0.29, 0.717) is 29.9 Å². The molecule has 1 aromatic carbocycles. The molecule has 1 N–H and O–H groups in total. The molecule has 2 aliphatic rings. The van der Waals surface area contributed by atoms with E-state index >= 15 is 0 Å². The van der Waals surface area contributed by atoms with Crippen molar-refractivity contribution in [3.63, 3.8) is 0 Å². The van der Waals surface area contributed by atoms with E-state index in [1.807, 2.05) is 13.1 Å². The van der Waals surface area contributed by atoms with Crippen LogP contribution in [-0.4, -0.2) is 29.0 Å². The average molecular weight is 344 g/mol. The predicted molar refractivity (Wildman–Crippen MR) is 102 cm³/mol. The molecule has 0 spiro atoms. The second-order valence-electron chi connectivity index (χ2n) is 9.02. The number of phenols is 1. The molecular weight excluding hydrogens is 310 g/mol. The summed E-state index contributed by atoms with van der Waals surface area (Å²) in [5, 5.41) is 10.1. The number of benzene rings is 1. The molecular formula is C22H33NO2. The molecule has 4 atom stereocenters. The molecule has 0 aliphatic heterocycles. The van der Waals surface area contributed by atoms with Gasteiger partial charge in [0, 0.05) is 24.9 Å². The lowest BCUT2D eigenvalue weighted by Crippen LogP contribution is -2.60. The van der Waals surface area contributed by atoms with Crippen molar-refractivity contribution < 1.29 is 9.90 Å². The smallest absolute Gasteiger partial charge is 0.222 e. The molecule has 1 amide bonds. The number of fused-ring (bicyclic) bond motifs is 4. The molecule has 1 fully saturated rings. The number of hydrogen-bond donors (Lipinski definition) is 1. The molecule has 0 saturated heterocycles. The summed E-state index contributed by atoms with van der Waals surface area (Å²) in [6.07, 6.45) is 4.87. The van der Waals surface area contributed by atoms with Crippen molar-refractivity contribution in [2.45, 2.75) is 71.3 Å². The predicted octanol–water partition coefficient (Wildman–Crippen LogP) is 4.52. The molecule has 2 bridgehead atoms. The highest BCUT2D eigenvalue weighted by Gasteiger charge is 2.52. The van der Waals surface area contributed by atoms with Gasteiger partial charge in [-0.1, -0.05) is 33.8 Å². The molecule has 3 heteroatoms. The molecule has 25 heavy (non-hydrogen) atoms. The Hall–Kier alpha value is -1.51. The first kappa shape index (κ1) is 18.3. The minimum atomic E-state index is -0.0637. The Balaban J connectivity index is 1.96. The van der Waals surface area contributed by atoms with Crippen molar-refractivity contribution in [1.29, 1.82) is 0 Å². The molecule has 0 aromatic heterocycles. The van der Waals surface area contributed by atoms with Crippen LogP contribution in [0, 0.1) is 17.8 Å². The molecule has 138 valence electrons. The highest BCUT2D eigenvalue weighted by molar-refractivity contribution is 5.76. The van der Waals surface area contributed by atoms with E-state index in [1.54, 1.807) is 6.07 Å². The van der Waals surface area contributed by atoms with Crippen molar-refractivity contribution in [2.75, 3.05) is 7.05 Å². The Morgan fingerprint density at radius 3 is 2.80 bits per heavy atom. The van der Waals surface area contributed by atoms with E-state index in [9.17, 15) is 9.90 Å². The molecule has 3 nitrogen and oxygen atoms in total. The van der Waals surface area contributed by atoms with Crippen LogP contribution < -0.4 is 0 Å². The summed E-state index contributed by atoms with van der Waals surface area (Å²) >= 11 is 0. The number of aromatic hydroxyl groups is 1. The highest BCUT2D eigenvalue weighted by atomic mass is 16.3. The van der Waals surface area contributed by atoms with Crippen LogP contribution in [0.4, 0.5) is 0 Å². The summed E-state index contributed by atoms with van der Waals surface area (Å²) < 4.78 is 0. The molecule has 2 aliphatic carbocycles. The Bertz CT molecular complexity index is 653. The zero-order valence-corrected chi connectivity index (χ0v) is 16.4. The summed E-state index contributed by atoms with van der Waals surface area (Å²) in [6, 6.07) is 6.07. The van der Waals surface area contributed by atoms with Crippen molar-refractivity contribution in [2.24, 2.45) is 17.8 Å². The summed E-state index contributed by atoms with van der Waals surface area (Å²) in [4.78, 5) is 14.9. The van der Waals surface area contributed by atoms with Gasteiger partial charge in [0.15, 0.2) is 0 Å². The largest absolute Gasteiger partial charge is 0.508 e. The number of likely N-dealkylation sites (N-methyl/N-ethyl adjacent to an activating group) is 1. The maximum absolute atomic E-state index is 12.9. The molecule has 0 radical (unpaired) electrons. The van der Waals surface area contributed by atoms with Gasteiger partial charge in [0.05, 0.1) is 0 Å². The minimum absolute atomic E-state index is 0.0637. The second kappa shape index (κ2) is 6.66. The fraction of sp³-hybridized carbons (Fsp3) is 0.682. The van der Waals surface area contributed by atoms with Crippen LogP contribution in [0.15, 0.2) is 18.2 Å². The van der Waals surface area contributed by atoms with Gasteiger partial charge in [-0.2, -0.15) is 0 Å². The zero-order valence-electron chi connectivity index (χ0n) is 16.4. The first-order chi connectivity index (χ1) is 11.7. The van der Waals surface area contributed by atoms with Crippen LogP contribution in [-0.2, 0) is 16.6 Å². The number of carbonyl (C=O) groups is 1. The first-order valence-corrected chi connectivity index (χ1v) is 9.82. The molecule has 3 rings (SSSR count). The van der Waals surface area contributed by atoms with Gasteiger partial charge < -0.3 is 10.0 Å². The van der Waals surface area contributed by atoms with Crippen molar-refractivity contribution >= 4 is 5.91 Å². The zero-order chi connectivity index (χ0) is 18.4. The summed E-state index contributed by atoms with van der Waals surface area (Å²) in [5.74, 6) is 2.29. The Morgan fingerprint density at radius 2 is 2.12 bits per heavy atom. The number of phenolic OH excluding ortho intramolecular Hbond substituents is 1. The van der Waals surface area contributed by atoms with Crippen LogP contribution in [0.2, 0.25) is 0 Å². The van der Waals surface area contributed by atoms with Crippen LogP contribution in [0.3, 0.4) is 0 Å². The fourth-order valence-corrected chi connectivity index (χ4v) is 5.27. The van der Waals surface area contributed by atoms with Crippen molar-refractivity contribution in [3.05, 3.63) is 29.3 Å². The first-order valence-electron chi connectivity index (χ1n) is 9.82. The van der Waals surface area contributed by atoms with Gasteiger partial charge in [0.2, 0.25) is 5.91 Å². The molecule has 0 heterocycles. The Kier molecular flexibility index (Phi) is 4.87. The molecule has 1 saturated carbocycles. The molecule has 1 unspecified atom stereocenters. The van der Waals surface area contributed by atoms with Gasteiger partial charge in [-0.15, -0.1) is 0 Å². The lowest BCUT2D eigenvalue weighted by Gasteiger charge is -2.56. The number of amides is 1. The minimum Gasteiger partial charge on any atom is -0.508 e. The van der Waals surface area contributed by atoms with Gasteiger partial charge in [0.25, 0.3) is 0 Å². The number of carbonyl (C=O) groups excluding carboxylic acids is 1. The third-order valence-corrected chi connectivity index (χ3v) is 6.82. The third kappa shape index (κ3) is 3.18. The summed E-state index contributed by atoms with van der Waals surface area (Å²) in [7, 11) is 2.00. The standard InChI is InChI=1S/C22H33NO2/c1-14(2)6-9-20(25)23(5)21-18-12-16-7-8-17(24)13-19(16)22(21,4)11-10-15(18)3/h7-8,13-15,18,21,24H,6,9-12H2,1-5H3/t15?,18-,21-,22+/m0/s1. The van der Waals surface area contributed by atoms with Crippen LogP contribution in [0.5, 0.6) is 5.75 Å². The van der Waals surface area contributed by atoms with Gasteiger partial charge in [-0.3, -0.25) is 4.79 Å². The normalized spacial score (nSPS) is 30.9. The third-order valence-electron chi connectivity index (χ3n) is 6.82. The van der Waals surface area contributed by atoms with Gasteiger partial charge in [0.1, 0.15) is 5.75 Å². The van der Waals surface area contributed by atoms with Gasteiger partial charge in [-0.25, -0.2) is 0 Å². The highest BCUT2D eigenvalue weighted by Crippen LogP contribution is 2.53. The monoisotopic (exact) mass is 343 g/mol. The summed E-state index contributed by atoms with van der Waals surface area (Å²) in [5.41, 5.74) is 2.55. The topological polar surface area (TPSA) is 40.5 Å². The number of rotatable bonds is 4. The molecule has 1 aromatic rings. The van der Waals surface area contributed by atoms with Gasteiger partial charge in [-0.05, 0) is 66.7 Å². The van der Waals surface area contributed by atoms with E-state index in [1.165, 1.54) is 17.5 Å². The van der Waals surface area contributed by atoms with E-state index in [4.69, 9.17) is 0 Å². The lowest BCUT2D eigenvalue weighted by atomic mass is 9.54. The van der Waals surface area contributed by atoms with E-state index in [2.05, 4.69) is 38.7 Å². The number of hydrogen-bond acceptors (Lipinski definition) is 2.